The molecule has 0 aromatic carbocycles. The Morgan fingerprint density at radius 3 is 2.68 bits per heavy atom. The first-order valence-corrected chi connectivity index (χ1v) is 6.31. The number of nitrogens with one attached hydrogen (secondary N) is 1. The molecule has 0 radical (unpaired) electrons. The molecule has 0 saturated heterocycles. The van der Waals surface area contributed by atoms with Gasteiger partial charge in [-0.3, -0.25) is 14.6 Å². The number of aliphatic carboxylic acids is 1. The average Bonchev–Trinajstić information content (AvgIpc) is 2.35. The van der Waals surface area contributed by atoms with Crippen molar-refractivity contribution < 1.29 is 14.7 Å². The summed E-state index contributed by atoms with van der Waals surface area (Å²) in [4.78, 5) is 26.3. The maximum absolute atomic E-state index is 11.8. The normalized spacial score (nSPS) is 11.1. The van der Waals surface area contributed by atoms with E-state index in [0.717, 1.165) is 5.56 Å². The number of carbonyl (C=O) groups excluding carboxylic acids is 1. The van der Waals surface area contributed by atoms with Crippen LogP contribution in [0.5, 0.6) is 0 Å². The number of aromatic nitrogens is 1. The Kier molecular flexibility index (Phi) is 5.48. The van der Waals surface area contributed by atoms with Gasteiger partial charge in [0, 0.05) is 30.8 Å². The van der Waals surface area contributed by atoms with Gasteiger partial charge in [-0.15, -0.1) is 0 Å². The van der Waals surface area contributed by atoms with Gasteiger partial charge in [-0.1, -0.05) is 6.07 Å². The molecular formula is C14H20N2O3. The first-order chi connectivity index (χ1) is 8.89. The smallest absolute Gasteiger partial charge is 0.303 e. The van der Waals surface area contributed by atoms with Crippen molar-refractivity contribution in [3.05, 3.63) is 30.1 Å². The van der Waals surface area contributed by atoms with Crippen molar-refractivity contribution in [1.82, 2.24) is 10.3 Å². The lowest BCUT2D eigenvalue weighted by Gasteiger charge is -2.25. The van der Waals surface area contributed by atoms with Crippen LogP contribution in [-0.4, -0.2) is 27.5 Å². The van der Waals surface area contributed by atoms with E-state index in [2.05, 4.69) is 10.3 Å². The van der Waals surface area contributed by atoms with Crippen molar-refractivity contribution in [2.24, 2.45) is 0 Å². The van der Waals surface area contributed by atoms with E-state index in [9.17, 15) is 9.59 Å². The summed E-state index contributed by atoms with van der Waals surface area (Å²) in [5, 5.41) is 11.5. The molecule has 0 unspecified atom stereocenters. The summed E-state index contributed by atoms with van der Waals surface area (Å²) in [5.41, 5.74) is 0.519. The predicted molar refractivity (Wildman–Crippen MR) is 71.6 cm³/mol. The number of nitrogens with zero attached hydrogens (tertiary/aromatic N) is 1. The molecule has 0 aliphatic heterocycles. The van der Waals surface area contributed by atoms with Gasteiger partial charge >= 0.3 is 5.97 Å². The Bertz CT molecular complexity index is 430. The summed E-state index contributed by atoms with van der Waals surface area (Å²) in [7, 11) is 0. The van der Waals surface area contributed by atoms with Crippen LogP contribution in [0.4, 0.5) is 0 Å². The van der Waals surface area contributed by atoms with Crippen LogP contribution < -0.4 is 5.32 Å². The fraction of sp³-hybridized carbons (Fsp3) is 0.500. The minimum absolute atomic E-state index is 0.0515. The molecule has 1 rings (SSSR count). The van der Waals surface area contributed by atoms with Crippen molar-refractivity contribution in [3.63, 3.8) is 0 Å². The second kappa shape index (κ2) is 6.87. The van der Waals surface area contributed by atoms with Gasteiger partial charge in [0.1, 0.15) is 0 Å². The number of carboxylic acids is 1. The van der Waals surface area contributed by atoms with Gasteiger partial charge in [0.2, 0.25) is 5.91 Å². The molecule has 0 bridgehead atoms. The third-order valence-corrected chi connectivity index (χ3v) is 2.81. The van der Waals surface area contributed by atoms with Crippen LogP contribution in [0.1, 0.15) is 38.7 Å². The molecule has 5 nitrogen and oxygen atoms in total. The molecule has 0 atom stereocenters. The lowest BCUT2D eigenvalue weighted by Crippen LogP contribution is -2.43. The highest BCUT2D eigenvalue weighted by atomic mass is 16.4. The van der Waals surface area contributed by atoms with Gasteiger partial charge in [0.05, 0.1) is 0 Å². The van der Waals surface area contributed by atoms with Crippen molar-refractivity contribution in [3.8, 4) is 0 Å². The van der Waals surface area contributed by atoms with Gasteiger partial charge in [-0.2, -0.15) is 0 Å². The standard InChI is InChI=1S/C14H20N2O3/c1-14(2,8-7-13(18)19)16-12(17)6-5-11-4-3-9-15-10-11/h3-4,9-10H,5-8H2,1-2H3,(H,16,17)(H,18,19). The molecule has 0 aliphatic rings. The molecular weight excluding hydrogens is 244 g/mol. The summed E-state index contributed by atoms with van der Waals surface area (Å²) in [5.74, 6) is -0.920. The molecule has 1 aromatic rings. The van der Waals surface area contributed by atoms with E-state index in [4.69, 9.17) is 5.11 Å². The Morgan fingerprint density at radius 2 is 2.11 bits per heavy atom. The number of aryl methyl sites for hydroxylation is 1. The van der Waals surface area contributed by atoms with E-state index in [0.29, 0.717) is 19.3 Å². The number of carbonyl (C=O) groups is 2. The highest BCUT2D eigenvalue weighted by Gasteiger charge is 2.21. The van der Waals surface area contributed by atoms with Gasteiger partial charge in [-0.25, -0.2) is 0 Å². The molecule has 1 amide bonds. The third kappa shape index (κ3) is 6.55. The van der Waals surface area contributed by atoms with Crippen molar-refractivity contribution in [2.45, 2.75) is 45.1 Å². The Hall–Kier alpha value is -1.91. The van der Waals surface area contributed by atoms with Crippen LogP contribution in [-0.2, 0) is 16.0 Å². The number of amides is 1. The Morgan fingerprint density at radius 1 is 1.37 bits per heavy atom. The lowest BCUT2D eigenvalue weighted by molar-refractivity contribution is -0.137. The van der Waals surface area contributed by atoms with Crippen LogP contribution in [0, 0.1) is 0 Å². The summed E-state index contributed by atoms with van der Waals surface area (Å²) < 4.78 is 0. The van der Waals surface area contributed by atoms with E-state index >= 15 is 0 Å². The molecule has 2 N–H and O–H groups in total. The summed E-state index contributed by atoms with van der Waals surface area (Å²) in [6.45, 7) is 3.66. The molecule has 5 heteroatoms. The number of rotatable bonds is 7. The van der Waals surface area contributed by atoms with E-state index < -0.39 is 11.5 Å². The molecule has 0 saturated carbocycles. The third-order valence-electron chi connectivity index (χ3n) is 2.81. The van der Waals surface area contributed by atoms with Gasteiger partial charge in [0.15, 0.2) is 0 Å². The first-order valence-electron chi connectivity index (χ1n) is 6.31. The average molecular weight is 264 g/mol. The molecule has 1 heterocycles. The van der Waals surface area contributed by atoms with E-state index in [1.165, 1.54) is 0 Å². The molecule has 0 aliphatic carbocycles. The summed E-state index contributed by atoms with van der Waals surface area (Å²) in [6.07, 6.45) is 4.91. The van der Waals surface area contributed by atoms with Crippen LogP contribution in [0.15, 0.2) is 24.5 Å². The monoisotopic (exact) mass is 264 g/mol. The fourth-order valence-electron chi connectivity index (χ4n) is 1.73. The van der Waals surface area contributed by atoms with Gasteiger partial charge in [0.25, 0.3) is 0 Å². The minimum atomic E-state index is -0.849. The summed E-state index contributed by atoms with van der Waals surface area (Å²) >= 11 is 0. The topological polar surface area (TPSA) is 79.3 Å². The van der Waals surface area contributed by atoms with Gasteiger partial charge < -0.3 is 10.4 Å². The number of carboxylic acid groups (broad SMARTS) is 1. The fourth-order valence-corrected chi connectivity index (χ4v) is 1.73. The molecule has 104 valence electrons. The largest absolute Gasteiger partial charge is 0.481 e. The zero-order valence-electron chi connectivity index (χ0n) is 11.3. The maximum Gasteiger partial charge on any atom is 0.303 e. The van der Waals surface area contributed by atoms with Gasteiger partial charge in [-0.05, 0) is 38.3 Å². The number of pyridine rings is 1. The SMILES string of the molecule is CC(C)(CCC(=O)O)NC(=O)CCc1cccnc1. The zero-order chi connectivity index (χ0) is 14.3. The van der Waals surface area contributed by atoms with E-state index in [1.807, 2.05) is 26.0 Å². The van der Waals surface area contributed by atoms with E-state index in [-0.39, 0.29) is 12.3 Å². The van der Waals surface area contributed by atoms with Crippen LogP contribution in [0.3, 0.4) is 0 Å². The number of hydrogen-bond acceptors (Lipinski definition) is 3. The number of hydrogen-bond donors (Lipinski definition) is 2. The second-order valence-electron chi connectivity index (χ2n) is 5.19. The molecule has 1 aromatic heterocycles. The quantitative estimate of drug-likeness (QED) is 0.786. The van der Waals surface area contributed by atoms with Crippen LogP contribution in [0.25, 0.3) is 0 Å². The highest BCUT2D eigenvalue weighted by molar-refractivity contribution is 5.77. The van der Waals surface area contributed by atoms with Crippen LogP contribution in [0.2, 0.25) is 0 Å². The van der Waals surface area contributed by atoms with E-state index in [1.54, 1.807) is 12.4 Å². The first kappa shape index (κ1) is 15.1. The zero-order valence-corrected chi connectivity index (χ0v) is 11.3. The lowest BCUT2D eigenvalue weighted by atomic mass is 9.98. The summed E-state index contributed by atoms with van der Waals surface area (Å²) in [6, 6.07) is 3.76. The molecule has 19 heavy (non-hydrogen) atoms. The highest BCUT2D eigenvalue weighted by Crippen LogP contribution is 2.12. The Labute approximate surface area is 113 Å². The van der Waals surface area contributed by atoms with Crippen LogP contribution >= 0.6 is 0 Å². The second-order valence-corrected chi connectivity index (χ2v) is 5.19. The molecule has 0 spiro atoms. The van der Waals surface area contributed by atoms with Crippen molar-refractivity contribution in [2.75, 3.05) is 0 Å². The van der Waals surface area contributed by atoms with Crippen molar-refractivity contribution in [1.29, 1.82) is 0 Å². The Balaban J connectivity index is 2.36. The minimum Gasteiger partial charge on any atom is -0.481 e. The maximum atomic E-state index is 11.8. The molecule has 0 fully saturated rings. The predicted octanol–water partition coefficient (Wildman–Crippen LogP) is 1.77. The van der Waals surface area contributed by atoms with Crippen molar-refractivity contribution >= 4 is 11.9 Å².